The number of hydrogen-bond acceptors (Lipinski definition) is 4. The van der Waals surface area contributed by atoms with Crippen LogP contribution in [0.1, 0.15) is 23.2 Å². The maximum Gasteiger partial charge on any atom is 0.317 e. The van der Waals surface area contributed by atoms with E-state index >= 15 is 0 Å². The molecule has 0 radical (unpaired) electrons. The predicted molar refractivity (Wildman–Crippen MR) is 82.0 cm³/mol. The largest absolute Gasteiger partial charge is 0.338 e. The van der Waals surface area contributed by atoms with E-state index in [1.54, 1.807) is 29.2 Å². The zero-order chi connectivity index (χ0) is 15.8. The Kier molecular flexibility index (Phi) is 3.36. The van der Waals surface area contributed by atoms with E-state index in [1.807, 2.05) is 9.80 Å². The van der Waals surface area contributed by atoms with Gasteiger partial charge in [0, 0.05) is 44.6 Å². The number of nitrogens with one attached hydrogen (secondary N) is 1. The highest BCUT2D eigenvalue weighted by molar-refractivity contribution is 5.99. The lowest BCUT2D eigenvalue weighted by atomic mass is 10.0. The molecule has 1 N–H and O–H groups in total. The number of aromatic nitrogens is 3. The average Bonchev–Trinajstić information content (AvgIpc) is 3.20. The molecule has 0 aromatic carbocycles. The molecule has 2 aliphatic heterocycles. The summed E-state index contributed by atoms with van der Waals surface area (Å²) in [6, 6.07) is 2.02. The molecule has 0 bridgehead atoms. The number of nitrogens with zero attached hydrogens (tertiary/aromatic N) is 5. The van der Waals surface area contributed by atoms with Gasteiger partial charge in [0.15, 0.2) is 5.65 Å². The molecule has 0 unspecified atom stereocenters. The monoisotopic (exact) mass is 314 g/mol. The molecule has 2 aromatic rings. The summed E-state index contributed by atoms with van der Waals surface area (Å²) in [6.07, 6.45) is 6.63. The van der Waals surface area contributed by atoms with E-state index in [2.05, 4.69) is 15.4 Å². The molecule has 23 heavy (non-hydrogen) atoms. The minimum absolute atomic E-state index is 0.0154. The quantitative estimate of drug-likeness (QED) is 0.867. The van der Waals surface area contributed by atoms with Gasteiger partial charge in [-0.2, -0.15) is 5.10 Å². The number of piperidine rings is 1. The van der Waals surface area contributed by atoms with Crippen LogP contribution in [0.15, 0.2) is 24.7 Å². The van der Waals surface area contributed by atoms with Crippen molar-refractivity contribution < 1.29 is 9.59 Å². The van der Waals surface area contributed by atoms with E-state index in [1.165, 1.54) is 0 Å². The van der Waals surface area contributed by atoms with Gasteiger partial charge in [-0.3, -0.25) is 4.79 Å². The number of amides is 3. The molecular weight excluding hydrogens is 296 g/mol. The fourth-order valence-corrected chi connectivity index (χ4v) is 3.36. The molecule has 0 saturated carbocycles. The molecular formula is C15H18N6O2. The minimum Gasteiger partial charge on any atom is -0.338 e. The van der Waals surface area contributed by atoms with E-state index < -0.39 is 0 Å². The zero-order valence-electron chi connectivity index (χ0n) is 12.7. The second kappa shape index (κ2) is 5.53. The Morgan fingerprint density at radius 1 is 1.26 bits per heavy atom. The Morgan fingerprint density at radius 3 is 2.83 bits per heavy atom. The lowest BCUT2D eigenvalue weighted by Crippen LogP contribution is -2.47. The molecule has 2 aliphatic rings. The number of hydrogen-bond donors (Lipinski definition) is 1. The summed E-state index contributed by atoms with van der Waals surface area (Å²) in [7, 11) is 0. The van der Waals surface area contributed by atoms with Crippen LogP contribution in [0, 0.1) is 0 Å². The first kappa shape index (κ1) is 14.0. The topological polar surface area (TPSA) is 82.8 Å². The van der Waals surface area contributed by atoms with Gasteiger partial charge >= 0.3 is 6.03 Å². The van der Waals surface area contributed by atoms with Crippen molar-refractivity contribution in [2.24, 2.45) is 0 Å². The number of carbonyl (C=O) groups excluding carboxylic acids is 2. The molecule has 2 fully saturated rings. The van der Waals surface area contributed by atoms with Crippen molar-refractivity contribution in [3.63, 3.8) is 0 Å². The molecule has 120 valence electrons. The Labute approximate surface area is 133 Å². The van der Waals surface area contributed by atoms with Crippen LogP contribution in [-0.4, -0.2) is 68.6 Å². The standard InChI is InChI=1S/C15H18N6O2/c22-14(12-10-18-21-6-1-4-16-13(12)21)19-7-2-11(3-8-19)20-9-5-17-15(20)23/h1,4,6,10-11H,2-3,5,7-9H2,(H,17,23). The Hall–Kier alpha value is -2.64. The number of fused-ring (bicyclic) bond motifs is 1. The van der Waals surface area contributed by atoms with Gasteiger partial charge in [-0.15, -0.1) is 0 Å². The second-order valence-corrected chi connectivity index (χ2v) is 5.89. The number of urea groups is 1. The van der Waals surface area contributed by atoms with Gasteiger partial charge in [0.25, 0.3) is 5.91 Å². The molecule has 0 spiro atoms. The summed E-state index contributed by atoms with van der Waals surface area (Å²) < 4.78 is 1.61. The van der Waals surface area contributed by atoms with Gasteiger partial charge in [-0.25, -0.2) is 14.3 Å². The summed E-state index contributed by atoms with van der Waals surface area (Å²) in [4.78, 5) is 32.4. The molecule has 8 nitrogen and oxygen atoms in total. The Balaban J connectivity index is 1.46. The van der Waals surface area contributed by atoms with Crippen LogP contribution in [0.5, 0.6) is 0 Å². The van der Waals surface area contributed by atoms with Crippen molar-refractivity contribution in [1.29, 1.82) is 0 Å². The number of carbonyl (C=O) groups is 2. The van der Waals surface area contributed by atoms with Crippen LogP contribution >= 0.6 is 0 Å². The van der Waals surface area contributed by atoms with Crippen molar-refractivity contribution in [3.05, 3.63) is 30.2 Å². The van der Waals surface area contributed by atoms with E-state index in [4.69, 9.17) is 0 Å². The van der Waals surface area contributed by atoms with E-state index in [0.717, 1.165) is 19.4 Å². The molecule has 0 atom stereocenters. The van der Waals surface area contributed by atoms with Gasteiger partial charge in [-0.05, 0) is 18.9 Å². The summed E-state index contributed by atoms with van der Waals surface area (Å²) in [5, 5.41) is 7.00. The van der Waals surface area contributed by atoms with Crippen LogP contribution in [0.2, 0.25) is 0 Å². The normalized spacial score (nSPS) is 19.4. The van der Waals surface area contributed by atoms with Crippen LogP contribution in [0.3, 0.4) is 0 Å². The third kappa shape index (κ3) is 2.39. The Morgan fingerprint density at radius 2 is 2.09 bits per heavy atom. The van der Waals surface area contributed by atoms with Gasteiger partial charge in [-0.1, -0.05) is 0 Å². The number of rotatable bonds is 2. The van der Waals surface area contributed by atoms with Gasteiger partial charge in [0.1, 0.15) is 5.56 Å². The highest BCUT2D eigenvalue weighted by atomic mass is 16.2. The van der Waals surface area contributed by atoms with Crippen LogP contribution in [0.25, 0.3) is 5.65 Å². The van der Waals surface area contributed by atoms with E-state index in [0.29, 0.717) is 30.8 Å². The summed E-state index contributed by atoms with van der Waals surface area (Å²) in [5.41, 5.74) is 1.11. The van der Waals surface area contributed by atoms with Gasteiger partial charge in [0.05, 0.1) is 6.20 Å². The van der Waals surface area contributed by atoms with E-state index in [-0.39, 0.29) is 18.0 Å². The van der Waals surface area contributed by atoms with E-state index in [9.17, 15) is 9.59 Å². The molecule has 8 heteroatoms. The van der Waals surface area contributed by atoms with Crippen molar-refractivity contribution in [2.45, 2.75) is 18.9 Å². The fourth-order valence-electron chi connectivity index (χ4n) is 3.36. The zero-order valence-corrected chi connectivity index (χ0v) is 12.7. The highest BCUT2D eigenvalue weighted by Gasteiger charge is 2.32. The molecule has 4 heterocycles. The molecule has 4 rings (SSSR count). The molecule has 2 saturated heterocycles. The minimum atomic E-state index is -0.0389. The summed E-state index contributed by atoms with van der Waals surface area (Å²) >= 11 is 0. The smallest absolute Gasteiger partial charge is 0.317 e. The van der Waals surface area contributed by atoms with Crippen molar-refractivity contribution >= 4 is 17.6 Å². The van der Waals surface area contributed by atoms with Crippen molar-refractivity contribution in [3.8, 4) is 0 Å². The maximum atomic E-state index is 12.7. The third-order valence-electron chi connectivity index (χ3n) is 4.59. The average molecular weight is 314 g/mol. The summed E-state index contributed by atoms with van der Waals surface area (Å²) in [6.45, 7) is 2.77. The summed E-state index contributed by atoms with van der Waals surface area (Å²) in [5.74, 6) is -0.0389. The number of likely N-dealkylation sites (tertiary alicyclic amines) is 1. The van der Waals surface area contributed by atoms with Crippen LogP contribution < -0.4 is 5.32 Å². The fraction of sp³-hybridized carbons (Fsp3) is 0.467. The van der Waals surface area contributed by atoms with Gasteiger partial charge < -0.3 is 15.1 Å². The molecule has 0 aliphatic carbocycles. The lowest BCUT2D eigenvalue weighted by molar-refractivity contribution is 0.0668. The van der Waals surface area contributed by atoms with Crippen LogP contribution in [-0.2, 0) is 0 Å². The van der Waals surface area contributed by atoms with Gasteiger partial charge in [0.2, 0.25) is 0 Å². The first-order valence-corrected chi connectivity index (χ1v) is 7.86. The Bertz CT molecular complexity index is 749. The van der Waals surface area contributed by atoms with Crippen molar-refractivity contribution in [1.82, 2.24) is 29.7 Å². The molecule has 2 aromatic heterocycles. The first-order chi connectivity index (χ1) is 11.2. The lowest BCUT2D eigenvalue weighted by Gasteiger charge is -2.36. The SMILES string of the molecule is O=C(c1cnn2cccnc12)N1CCC(N2CCNC2=O)CC1. The second-order valence-electron chi connectivity index (χ2n) is 5.89. The first-order valence-electron chi connectivity index (χ1n) is 7.86. The maximum absolute atomic E-state index is 12.7. The molecule has 3 amide bonds. The predicted octanol–water partition coefficient (Wildman–Crippen LogP) is 0.359. The van der Waals surface area contributed by atoms with Crippen molar-refractivity contribution in [2.75, 3.05) is 26.2 Å². The van der Waals surface area contributed by atoms with Crippen LogP contribution in [0.4, 0.5) is 4.79 Å². The highest BCUT2D eigenvalue weighted by Crippen LogP contribution is 2.20. The third-order valence-corrected chi connectivity index (χ3v) is 4.59.